The van der Waals surface area contributed by atoms with Crippen LogP contribution in [-0.4, -0.2) is 11.1 Å². The maximum absolute atomic E-state index is 5.73. The van der Waals surface area contributed by atoms with Crippen molar-refractivity contribution in [2.24, 2.45) is 5.73 Å². The summed E-state index contributed by atoms with van der Waals surface area (Å²) in [7, 11) is 0. The summed E-state index contributed by atoms with van der Waals surface area (Å²) < 4.78 is 11.4. The van der Waals surface area contributed by atoms with E-state index in [0.717, 1.165) is 5.56 Å². The van der Waals surface area contributed by atoms with Crippen molar-refractivity contribution in [3.05, 3.63) is 48.2 Å². The minimum Gasteiger partial charge on any atom is -0.485 e. The summed E-state index contributed by atoms with van der Waals surface area (Å²) in [5.74, 6) is 1.82. The molecule has 0 atom stereocenters. The molecular formula is C15H18N2O2. The van der Waals surface area contributed by atoms with E-state index in [-0.39, 0.29) is 6.10 Å². The molecule has 4 nitrogen and oxygen atoms in total. The number of ether oxygens (including phenoxy) is 2. The lowest BCUT2D eigenvalue weighted by atomic mass is 10.2. The molecule has 2 N–H and O–H groups in total. The van der Waals surface area contributed by atoms with Gasteiger partial charge in [0.2, 0.25) is 0 Å². The highest BCUT2D eigenvalue weighted by molar-refractivity contribution is 5.37. The van der Waals surface area contributed by atoms with Crippen LogP contribution >= 0.6 is 0 Å². The first-order valence-corrected chi connectivity index (χ1v) is 6.27. The minimum atomic E-state index is 0.0752. The zero-order valence-corrected chi connectivity index (χ0v) is 11.2. The van der Waals surface area contributed by atoms with Crippen LogP contribution in [0.1, 0.15) is 19.4 Å². The molecule has 0 unspecified atom stereocenters. The zero-order chi connectivity index (χ0) is 13.7. The van der Waals surface area contributed by atoms with Gasteiger partial charge in [0.15, 0.2) is 5.75 Å². The summed E-state index contributed by atoms with van der Waals surface area (Å²) in [4.78, 5) is 4.20. The molecule has 19 heavy (non-hydrogen) atoms. The Kier molecular flexibility index (Phi) is 4.36. The fourth-order valence-electron chi connectivity index (χ4n) is 1.60. The van der Waals surface area contributed by atoms with Crippen LogP contribution in [0.25, 0.3) is 0 Å². The largest absolute Gasteiger partial charge is 0.485 e. The lowest BCUT2D eigenvalue weighted by molar-refractivity contribution is 0.231. The topological polar surface area (TPSA) is 57.4 Å². The number of aromatic nitrogens is 1. The smallest absolute Gasteiger partial charge is 0.262 e. The molecule has 2 rings (SSSR count). The van der Waals surface area contributed by atoms with Gasteiger partial charge in [-0.15, -0.1) is 0 Å². The summed E-state index contributed by atoms with van der Waals surface area (Å²) in [6, 6.07) is 11.3. The first kappa shape index (κ1) is 13.4. The summed E-state index contributed by atoms with van der Waals surface area (Å²) in [5, 5.41) is 0. The lowest BCUT2D eigenvalue weighted by Gasteiger charge is -2.13. The zero-order valence-electron chi connectivity index (χ0n) is 11.2. The molecule has 100 valence electrons. The summed E-state index contributed by atoms with van der Waals surface area (Å²) in [6.07, 6.45) is 1.75. The van der Waals surface area contributed by atoms with E-state index >= 15 is 0 Å². The monoisotopic (exact) mass is 258 g/mol. The van der Waals surface area contributed by atoms with E-state index in [4.69, 9.17) is 15.2 Å². The van der Waals surface area contributed by atoms with Gasteiger partial charge in [-0.1, -0.05) is 12.1 Å². The highest BCUT2D eigenvalue weighted by atomic mass is 16.5. The molecule has 0 fully saturated rings. The molecule has 4 heteroatoms. The highest BCUT2D eigenvalue weighted by Crippen LogP contribution is 2.29. The molecule has 0 aliphatic rings. The number of hydrogen-bond acceptors (Lipinski definition) is 4. The maximum atomic E-state index is 5.73. The molecule has 0 bridgehead atoms. The Morgan fingerprint density at radius 3 is 2.53 bits per heavy atom. The van der Waals surface area contributed by atoms with Crippen LogP contribution in [0.2, 0.25) is 0 Å². The van der Waals surface area contributed by atoms with E-state index in [1.54, 1.807) is 6.20 Å². The molecule has 1 aromatic carbocycles. The van der Waals surface area contributed by atoms with Crippen LogP contribution < -0.4 is 15.2 Å². The van der Waals surface area contributed by atoms with Gasteiger partial charge in [0.25, 0.3) is 5.88 Å². The predicted octanol–water partition coefficient (Wildman–Crippen LogP) is 3.12. The van der Waals surface area contributed by atoms with Crippen molar-refractivity contribution in [3.8, 4) is 17.4 Å². The quantitative estimate of drug-likeness (QED) is 0.895. The standard InChI is InChI=1S/C15H18N2O2/c1-11(2)18-14-4-3-9-17-15(14)19-13-7-5-12(10-16)6-8-13/h3-9,11H,10,16H2,1-2H3. The first-order chi connectivity index (χ1) is 9.19. The Bertz CT molecular complexity index is 524. The van der Waals surface area contributed by atoms with Crippen LogP contribution in [0, 0.1) is 0 Å². The van der Waals surface area contributed by atoms with Crippen LogP contribution in [0.5, 0.6) is 17.4 Å². The second-order valence-corrected chi connectivity index (χ2v) is 4.42. The second kappa shape index (κ2) is 6.20. The molecule has 0 saturated carbocycles. The summed E-state index contributed by atoms with van der Waals surface area (Å²) >= 11 is 0. The molecule has 1 heterocycles. The minimum absolute atomic E-state index is 0.0752. The molecule has 2 aromatic rings. The fraction of sp³-hybridized carbons (Fsp3) is 0.267. The van der Waals surface area contributed by atoms with Gasteiger partial charge in [-0.3, -0.25) is 0 Å². The third-order valence-electron chi connectivity index (χ3n) is 2.47. The van der Waals surface area contributed by atoms with Crippen LogP contribution in [0.3, 0.4) is 0 Å². The van der Waals surface area contributed by atoms with Crippen molar-refractivity contribution < 1.29 is 9.47 Å². The average molecular weight is 258 g/mol. The van der Waals surface area contributed by atoms with Crippen molar-refractivity contribution in [2.75, 3.05) is 0 Å². The Balaban J connectivity index is 2.17. The first-order valence-electron chi connectivity index (χ1n) is 6.27. The SMILES string of the molecule is CC(C)Oc1cccnc1Oc1ccc(CN)cc1. The van der Waals surface area contributed by atoms with E-state index in [1.165, 1.54) is 0 Å². The molecule has 0 aliphatic heterocycles. The van der Waals surface area contributed by atoms with Gasteiger partial charge >= 0.3 is 0 Å². The van der Waals surface area contributed by atoms with Gasteiger partial charge in [0.1, 0.15) is 5.75 Å². The molecule has 1 aromatic heterocycles. The fourth-order valence-corrected chi connectivity index (χ4v) is 1.60. The van der Waals surface area contributed by atoms with Gasteiger partial charge in [0, 0.05) is 12.7 Å². The number of hydrogen-bond donors (Lipinski definition) is 1. The van der Waals surface area contributed by atoms with Crippen molar-refractivity contribution in [3.63, 3.8) is 0 Å². The number of rotatable bonds is 5. The lowest BCUT2D eigenvalue weighted by Crippen LogP contribution is -2.07. The van der Waals surface area contributed by atoms with E-state index in [1.807, 2.05) is 50.2 Å². The highest BCUT2D eigenvalue weighted by Gasteiger charge is 2.08. The molecule has 0 saturated heterocycles. The number of nitrogens with zero attached hydrogens (tertiary/aromatic N) is 1. The third-order valence-corrected chi connectivity index (χ3v) is 2.47. The normalized spacial score (nSPS) is 10.5. The van der Waals surface area contributed by atoms with Gasteiger partial charge in [-0.25, -0.2) is 4.98 Å². The van der Waals surface area contributed by atoms with Crippen LogP contribution in [0.4, 0.5) is 0 Å². The van der Waals surface area contributed by atoms with Crippen molar-refractivity contribution in [1.29, 1.82) is 0 Å². The average Bonchev–Trinajstić information content (AvgIpc) is 2.41. The molecule has 0 aliphatic carbocycles. The second-order valence-electron chi connectivity index (χ2n) is 4.42. The predicted molar refractivity (Wildman–Crippen MR) is 74.4 cm³/mol. The van der Waals surface area contributed by atoms with Gasteiger partial charge in [-0.05, 0) is 43.7 Å². The molecular weight excluding hydrogens is 240 g/mol. The number of benzene rings is 1. The molecule has 0 radical (unpaired) electrons. The van der Waals surface area contributed by atoms with E-state index < -0.39 is 0 Å². The summed E-state index contributed by atoms with van der Waals surface area (Å²) in [5.41, 5.74) is 6.62. The van der Waals surface area contributed by atoms with E-state index in [0.29, 0.717) is 23.9 Å². The Morgan fingerprint density at radius 1 is 1.16 bits per heavy atom. The Morgan fingerprint density at radius 2 is 1.89 bits per heavy atom. The van der Waals surface area contributed by atoms with Gasteiger partial charge in [0.05, 0.1) is 6.10 Å². The van der Waals surface area contributed by atoms with Gasteiger partial charge in [-0.2, -0.15) is 0 Å². The molecule has 0 amide bonds. The maximum Gasteiger partial charge on any atom is 0.262 e. The summed E-state index contributed by atoms with van der Waals surface area (Å²) in [6.45, 7) is 4.45. The van der Waals surface area contributed by atoms with E-state index in [9.17, 15) is 0 Å². The Hall–Kier alpha value is -2.07. The van der Waals surface area contributed by atoms with Crippen LogP contribution in [-0.2, 0) is 6.54 Å². The third kappa shape index (κ3) is 3.69. The Labute approximate surface area is 113 Å². The van der Waals surface area contributed by atoms with Gasteiger partial charge < -0.3 is 15.2 Å². The number of pyridine rings is 1. The van der Waals surface area contributed by atoms with Crippen LogP contribution in [0.15, 0.2) is 42.6 Å². The van der Waals surface area contributed by atoms with E-state index in [2.05, 4.69) is 4.98 Å². The van der Waals surface area contributed by atoms with Crippen molar-refractivity contribution in [2.45, 2.75) is 26.5 Å². The molecule has 0 spiro atoms. The number of nitrogens with two attached hydrogens (primary N) is 1. The van der Waals surface area contributed by atoms with Crippen molar-refractivity contribution >= 4 is 0 Å². The van der Waals surface area contributed by atoms with Crippen molar-refractivity contribution in [1.82, 2.24) is 4.98 Å².